The van der Waals surface area contributed by atoms with Gasteiger partial charge in [-0.25, -0.2) is 13.1 Å². The zero-order valence-corrected chi connectivity index (χ0v) is 11.2. The average Bonchev–Trinajstić information content (AvgIpc) is 2.99. The van der Waals surface area contributed by atoms with E-state index in [2.05, 4.69) is 14.9 Å². The van der Waals surface area contributed by atoms with E-state index in [0.29, 0.717) is 11.5 Å². The van der Waals surface area contributed by atoms with E-state index in [9.17, 15) is 8.42 Å². The maximum Gasteiger partial charge on any atom is 0.258 e. The Morgan fingerprint density at radius 1 is 1.56 bits per heavy atom. The van der Waals surface area contributed by atoms with Crippen molar-refractivity contribution in [3.05, 3.63) is 11.8 Å². The van der Waals surface area contributed by atoms with Gasteiger partial charge in [0.05, 0.1) is 12.8 Å². The first-order chi connectivity index (χ1) is 8.54. The predicted octanol–water partition coefficient (Wildman–Crippen LogP) is 0.759. The summed E-state index contributed by atoms with van der Waals surface area (Å²) in [7, 11) is -3.62. The zero-order valence-electron chi connectivity index (χ0n) is 10.4. The Hall–Kier alpha value is -0.920. The molecule has 1 atom stereocenters. The Kier molecular flexibility index (Phi) is 4.04. The summed E-state index contributed by atoms with van der Waals surface area (Å²) >= 11 is 0. The molecule has 1 aromatic rings. The topological polar surface area (TPSA) is 95.1 Å². The molecular weight excluding hydrogens is 254 g/mol. The maximum atomic E-state index is 12.1. The van der Waals surface area contributed by atoms with Crippen molar-refractivity contribution in [3.63, 3.8) is 0 Å². The fraction of sp³-hybridized carbons (Fsp3) is 0.727. The van der Waals surface area contributed by atoms with Crippen LogP contribution in [-0.2, 0) is 16.6 Å². The Bertz CT molecular complexity index is 491. The fourth-order valence-electron chi connectivity index (χ4n) is 2.50. The molecule has 1 aliphatic rings. The molecule has 1 unspecified atom stereocenters. The second kappa shape index (κ2) is 5.38. The molecule has 2 rings (SSSR count). The zero-order chi connectivity index (χ0) is 13.2. The highest BCUT2D eigenvalue weighted by Crippen LogP contribution is 2.28. The average molecular weight is 273 g/mol. The molecule has 1 saturated carbocycles. The third kappa shape index (κ3) is 2.73. The van der Waals surface area contributed by atoms with Gasteiger partial charge in [-0.3, -0.25) is 5.10 Å². The molecule has 1 fully saturated rings. The van der Waals surface area contributed by atoms with Crippen LogP contribution in [0.5, 0.6) is 0 Å². The molecule has 1 aliphatic carbocycles. The summed E-state index contributed by atoms with van der Waals surface area (Å²) < 4.78 is 27.0. The lowest BCUT2D eigenvalue weighted by molar-refractivity contribution is 0.278. The number of nitrogens with one attached hydrogen (secondary N) is 2. The summed E-state index contributed by atoms with van der Waals surface area (Å²) in [4.78, 5) is 0. The third-order valence-electron chi connectivity index (χ3n) is 3.57. The van der Waals surface area contributed by atoms with Crippen LogP contribution in [0.2, 0.25) is 0 Å². The van der Waals surface area contributed by atoms with E-state index in [0.717, 1.165) is 12.8 Å². The molecule has 1 aromatic heterocycles. The van der Waals surface area contributed by atoms with Crippen LogP contribution in [0.15, 0.2) is 11.2 Å². The second-order valence-electron chi connectivity index (χ2n) is 4.84. The van der Waals surface area contributed by atoms with E-state index in [-0.39, 0.29) is 17.7 Å². The van der Waals surface area contributed by atoms with Crippen LogP contribution in [0.1, 0.15) is 38.2 Å². The number of aromatic nitrogens is 2. The standard InChI is InChI=1S/C11H19N3O3S/c1-8(9-4-2-3-5-9)14-18(16,17)11-10(7-15)6-12-13-11/h6,8-9,14-15H,2-5,7H2,1H3,(H,12,13). The van der Waals surface area contributed by atoms with Crippen LogP contribution in [0.4, 0.5) is 0 Å². The molecule has 6 nitrogen and oxygen atoms in total. The van der Waals surface area contributed by atoms with Crippen molar-refractivity contribution in [3.8, 4) is 0 Å². The minimum atomic E-state index is -3.62. The number of hydrogen-bond donors (Lipinski definition) is 3. The Balaban J connectivity index is 2.11. The van der Waals surface area contributed by atoms with Gasteiger partial charge in [0.2, 0.25) is 0 Å². The molecule has 1 heterocycles. The number of rotatable bonds is 5. The van der Waals surface area contributed by atoms with E-state index in [4.69, 9.17) is 5.11 Å². The summed E-state index contributed by atoms with van der Waals surface area (Å²) in [6.45, 7) is 1.55. The van der Waals surface area contributed by atoms with Crippen LogP contribution >= 0.6 is 0 Å². The van der Waals surface area contributed by atoms with Gasteiger partial charge in [-0.15, -0.1) is 0 Å². The van der Waals surface area contributed by atoms with Crippen LogP contribution in [0, 0.1) is 5.92 Å². The van der Waals surface area contributed by atoms with Crippen molar-refractivity contribution in [2.24, 2.45) is 5.92 Å². The van der Waals surface area contributed by atoms with Gasteiger partial charge in [-0.1, -0.05) is 12.8 Å². The van der Waals surface area contributed by atoms with Gasteiger partial charge in [0.25, 0.3) is 10.0 Å². The van der Waals surface area contributed by atoms with E-state index in [1.165, 1.54) is 19.0 Å². The van der Waals surface area contributed by atoms with Crippen molar-refractivity contribution in [2.45, 2.75) is 50.3 Å². The van der Waals surface area contributed by atoms with E-state index in [1.54, 1.807) is 0 Å². The molecule has 3 N–H and O–H groups in total. The molecule has 0 amide bonds. The van der Waals surface area contributed by atoms with Gasteiger partial charge in [0.1, 0.15) is 0 Å². The first kappa shape index (κ1) is 13.5. The maximum absolute atomic E-state index is 12.1. The molecular formula is C11H19N3O3S. The van der Waals surface area contributed by atoms with Crippen LogP contribution in [0.3, 0.4) is 0 Å². The van der Waals surface area contributed by atoms with Crippen molar-refractivity contribution >= 4 is 10.0 Å². The monoisotopic (exact) mass is 273 g/mol. The first-order valence-corrected chi connectivity index (χ1v) is 7.68. The highest BCUT2D eigenvalue weighted by atomic mass is 32.2. The lowest BCUT2D eigenvalue weighted by Gasteiger charge is -2.19. The molecule has 0 aromatic carbocycles. The van der Waals surface area contributed by atoms with Gasteiger partial charge in [-0.05, 0) is 25.7 Å². The quantitative estimate of drug-likeness (QED) is 0.738. The van der Waals surface area contributed by atoms with E-state index < -0.39 is 10.0 Å². The number of aliphatic hydroxyl groups is 1. The molecule has 18 heavy (non-hydrogen) atoms. The van der Waals surface area contributed by atoms with Crippen molar-refractivity contribution in [1.82, 2.24) is 14.9 Å². The molecule has 7 heteroatoms. The van der Waals surface area contributed by atoms with Gasteiger partial charge in [0, 0.05) is 11.6 Å². The summed E-state index contributed by atoms with van der Waals surface area (Å²) in [5.74, 6) is 0.403. The number of nitrogens with zero attached hydrogens (tertiary/aromatic N) is 1. The SMILES string of the molecule is CC(NS(=O)(=O)c1[nH]ncc1CO)C1CCCC1. The van der Waals surface area contributed by atoms with Crippen LogP contribution < -0.4 is 4.72 Å². The first-order valence-electron chi connectivity index (χ1n) is 6.20. The summed E-state index contributed by atoms with van der Waals surface area (Å²) in [5.41, 5.74) is 0.293. The molecule has 0 bridgehead atoms. The minimum absolute atomic E-state index is 0.0325. The largest absolute Gasteiger partial charge is 0.392 e. The van der Waals surface area contributed by atoms with Crippen LogP contribution in [0.25, 0.3) is 0 Å². The Morgan fingerprint density at radius 3 is 2.83 bits per heavy atom. The van der Waals surface area contributed by atoms with Gasteiger partial charge >= 0.3 is 0 Å². The Morgan fingerprint density at radius 2 is 2.22 bits per heavy atom. The van der Waals surface area contributed by atoms with Gasteiger partial charge < -0.3 is 5.11 Å². The van der Waals surface area contributed by atoms with Gasteiger partial charge in [-0.2, -0.15) is 5.10 Å². The molecule has 0 saturated heterocycles. The molecule has 0 aliphatic heterocycles. The summed E-state index contributed by atoms with van der Waals surface area (Å²) in [6, 6.07) is -0.0904. The highest BCUT2D eigenvalue weighted by molar-refractivity contribution is 7.89. The number of H-pyrrole nitrogens is 1. The van der Waals surface area contributed by atoms with Crippen LogP contribution in [-0.4, -0.2) is 29.8 Å². The molecule has 0 spiro atoms. The number of aromatic amines is 1. The Labute approximate surface area is 107 Å². The van der Waals surface area contributed by atoms with Crippen molar-refractivity contribution < 1.29 is 13.5 Å². The fourth-order valence-corrected chi connectivity index (χ4v) is 3.94. The predicted molar refractivity (Wildman–Crippen MR) is 66.3 cm³/mol. The summed E-state index contributed by atoms with van der Waals surface area (Å²) in [6.07, 6.45) is 5.80. The normalized spacial score (nSPS) is 19.2. The van der Waals surface area contributed by atoms with Crippen molar-refractivity contribution in [2.75, 3.05) is 0 Å². The van der Waals surface area contributed by atoms with Crippen molar-refractivity contribution in [1.29, 1.82) is 0 Å². The number of hydrogen-bond acceptors (Lipinski definition) is 4. The number of sulfonamides is 1. The summed E-state index contributed by atoms with van der Waals surface area (Å²) in [5, 5.41) is 15.1. The lowest BCUT2D eigenvalue weighted by atomic mass is 10.0. The number of aliphatic hydroxyl groups excluding tert-OH is 1. The smallest absolute Gasteiger partial charge is 0.258 e. The van der Waals surface area contributed by atoms with E-state index >= 15 is 0 Å². The van der Waals surface area contributed by atoms with E-state index in [1.807, 2.05) is 6.92 Å². The lowest BCUT2D eigenvalue weighted by Crippen LogP contribution is -2.37. The highest BCUT2D eigenvalue weighted by Gasteiger charge is 2.28. The molecule has 102 valence electrons. The minimum Gasteiger partial charge on any atom is -0.392 e. The molecule has 0 radical (unpaired) electrons. The second-order valence-corrected chi connectivity index (χ2v) is 6.49. The third-order valence-corrected chi connectivity index (χ3v) is 5.14. The van der Waals surface area contributed by atoms with Gasteiger partial charge in [0.15, 0.2) is 5.03 Å².